The van der Waals surface area contributed by atoms with E-state index in [9.17, 15) is 18.1 Å². The standard InChI is InChI=1S/C13H18F2NO4P/c1-10(2)19-12(17)9-16-21(18,13(3,14)15)20-11-7-5-4-6-8-11/h4-8,10H,9H2,1-3H3,(H,16,18). The van der Waals surface area contributed by atoms with Crippen molar-refractivity contribution in [2.45, 2.75) is 32.5 Å². The van der Waals surface area contributed by atoms with Gasteiger partial charge in [0.25, 0.3) is 0 Å². The van der Waals surface area contributed by atoms with E-state index in [4.69, 9.17) is 9.26 Å². The Morgan fingerprint density at radius 3 is 2.38 bits per heavy atom. The molecule has 5 nitrogen and oxygen atoms in total. The highest BCUT2D eigenvalue weighted by atomic mass is 31.2. The second kappa shape index (κ2) is 7.00. The van der Waals surface area contributed by atoms with E-state index in [-0.39, 0.29) is 5.75 Å². The zero-order valence-corrected chi connectivity index (χ0v) is 12.9. The molecule has 0 fully saturated rings. The van der Waals surface area contributed by atoms with Crippen LogP contribution in [0.15, 0.2) is 30.3 Å². The first-order chi connectivity index (χ1) is 9.64. The van der Waals surface area contributed by atoms with Crippen LogP contribution in [0.4, 0.5) is 8.78 Å². The number of ether oxygens (including phenoxy) is 1. The van der Waals surface area contributed by atoms with E-state index in [0.29, 0.717) is 6.92 Å². The maximum atomic E-state index is 13.6. The van der Waals surface area contributed by atoms with Crippen molar-refractivity contribution >= 4 is 13.5 Å². The molecule has 0 aromatic heterocycles. The van der Waals surface area contributed by atoms with Gasteiger partial charge in [0, 0.05) is 6.92 Å². The Bertz CT molecular complexity index is 517. The summed E-state index contributed by atoms with van der Waals surface area (Å²) in [5.74, 6) is -0.766. The largest absolute Gasteiger partial charge is 0.462 e. The van der Waals surface area contributed by atoms with E-state index >= 15 is 0 Å². The molecule has 0 aliphatic carbocycles. The normalized spacial score (nSPS) is 14.6. The third kappa shape index (κ3) is 5.44. The predicted octanol–water partition coefficient (Wildman–Crippen LogP) is 3.41. The van der Waals surface area contributed by atoms with Crippen LogP contribution in [0.5, 0.6) is 5.75 Å². The van der Waals surface area contributed by atoms with Crippen molar-refractivity contribution in [3.63, 3.8) is 0 Å². The van der Waals surface area contributed by atoms with Crippen LogP contribution < -0.4 is 9.61 Å². The van der Waals surface area contributed by atoms with Gasteiger partial charge in [0.15, 0.2) is 0 Å². The number of hydrogen-bond donors (Lipinski definition) is 1. The maximum Gasteiger partial charge on any atom is 0.385 e. The number of nitrogens with one attached hydrogen (secondary N) is 1. The molecule has 1 rings (SSSR count). The van der Waals surface area contributed by atoms with Crippen molar-refractivity contribution in [3.05, 3.63) is 30.3 Å². The molecule has 21 heavy (non-hydrogen) atoms. The molecule has 0 aliphatic heterocycles. The molecular formula is C13H18F2NO4P. The summed E-state index contributed by atoms with van der Waals surface area (Å²) in [4.78, 5) is 11.4. The number of alkyl halides is 2. The number of esters is 1. The van der Waals surface area contributed by atoms with E-state index < -0.39 is 31.8 Å². The summed E-state index contributed by atoms with van der Waals surface area (Å²) in [7, 11) is -4.61. The van der Waals surface area contributed by atoms with Gasteiger partial charge in [-0.25, -0.2) is 5.09 Å². The molecule has 1 unspecified atom stereocenters. The monoisotopic (exact) mass is 321 g/mol. The second-order valence-electron chi connectivity index (χ2n) is 4.67. The Morgan fingerprint density at radius 2 is 1.90 bits per heavy atom. The van der Waals surface area contributed by atoms with Gasteiger partial charge in [-0.3, -0.25) is 9.36 Å². The Labute approximate surface area is 122 Å². The highest BCUT2D eigenvalue weighted by Crippen LogP contribution is 2.56. The predicted molar refractivity (Wildman–Crippen MR) is 74.5 cm³/mol. The smallest absolute Gasteiger partial charge is 0.385 e. The Balaban J connectivity index is 2.81. The fourth-order valence-corrected chi connectivity index (χ4v) is 2.61. The van der Waals surface area contributed by atoms with E-state index in [0.717, 1.165) is 0 Å². The zero-order valence-electron chi connectivity index (χ0n) is 12.0. The number of rotatable bonds is 7. The first-order valence-corrected chi connectivity index (χ1v) is 7.94. The summed E-state index contributed by atoms with van der Waals surface area (Å²) in [5.41, 5.74) is -3.65. The minimum absolute atomic E-state index is 0.0204. The van der Waals surface area contributed by atoms with Crippen LogP contribution in [0.2, 0.25) is 0 Å². The highest BCUT2D eigenvalue weighted by molar-refractivity contribution is 7.58. The molecule has 0 aliphatic rings. The SMILES string of the molecule is CC(C)OC(=O)CNP(=O)(Oc1ccccc1)C(C)(F)F. The van der Waals surface area contributed by atoms with Gasteiger partial charge in [0.2, 0.25) is 0 Å². The average molecular weight is 321 g/mol. The minimum atomic E-state index is -4.61. The summed E-state index contributed by atoms with van der Waals surface area (Å²) < 4.78 is 49.1. The molecule has 0 saturated carbocycles. The van der Waals surface area contributed by atoms with Crippen LogP contribution in [-0.2, 0) is 14.1 Å². The van der Waals surface area contributed by atoms with Crippen molar-refractivity contribution in [1.29, 1.82) is 0 Å². The van der Waals surface area contributed by atoms with Crippen molar-refractivity contribution in [2.75, 3.05) is 6.54 Å². The molecule has 1 aromatic rings. The van der Waals surface area contributed by atoms with E-state index in [1.165, 1.54) is 12.1 Å². The lowest BCUT2D eigenvalue weighted by molar-refractivity contribution is -0.145. The lowest BCUT2D eigenvalue weighted by atomic mass is 10.3. The van der Waals surface area contributed by atoms with Crippen molar-refractivity contribution < 1.29 is 27.4 Å². The van der Waals surface area contributed by atoms with Crippen molar-refractivity contribution in [2.24, 2.45) is 0 Å². The maximum absolute atomic E-state index is 13.6. The number of carbonyl (C=O) groups excluding carboxylic acids is 1. The molecule has 0 radical (unpaired) electrons. The van der Waals surface area contributed by atoms with Crippen LogP contribution in [0.25, 0.3) is 0 Å². The van der Waals surface area contributed by atoms with Gasteiger partial charge in [-0.1, -0.05) is 18.2 Å². The molecular weight excluding hydrogens is 303 g/mol. The average Bonchev–Trinajstić information content (AvgIpc) is 2.35. The number of benzene rings is 1. The first-order valence-electron chi connectivity index (χ1n) is 6.31. The summed E-state index contributed by atoms with van der Waals surface area (Å²) in [6.07, 6.45) is -0.393. The Morgan fingerprint density at radius 1 is 1.33 bits per heavy atom. The minimum Gasteiger partial charge on any atom is -0.462 e. The molecule has 0 heterocycles. The molecule has 1 atom stereocenters. The summed E-state index contributed by atoms with van der Waals surface area (Å²) in [6, 6.07) is 7.56. The van der Waals surface area contributed by atoms with Gasteiger partial charge >= 0.3 is 19.2 Å². The topological polar surface area (TPSA) is 64.6 Å². The second-order valence-corrected chi connectivity index (χ2v) is 7.06. The lowest BCUT2D eigenvalue weighted by Gasteiger charge is -2.25. The summed E-state index contributed by atoms with van der Waals surface area (Å²) >= 11 is 0. The Hall–Kier alpha value is -1.46. The summed E-state index contributed by atoms with van der Waals surface area (Å²) in [5, 5.41) is 2.00. The van der Waals surface area contributed by atoms with Gasteiger partial charge in [0.05, 0.1) is 6.10 Å². The van der Waals surface area contributed by atoms with Gasteiger partial charge in [0.1, 0.15) is 12.3 Å². The van der Waals surface area contributed by atoms with Crippen LogP contribution in [0.3, 0.4) is 0 Å². The van der Waals surface area contributed by atoms with Crippen LogP contribution in [-0.4, -0.2) is 24.3 Å². The molecule has 0 amide bonds. The van der Waals surface area contributed by atoms with Crippen molar-refractivity contribution in [3.8, 4) is 5.75 Å². The third-order valence-electron chi connectivity index (χ3n) is 2.29. The molecule has 0 bridgehead atoms. The summed E-state index contributed by atoms with van der Waals surface area (Å²) in [6.45, 7) is 3.07. The van der Waals surface area contributed by atoms with Gasteiger partial charge in [-0.15, -0.1) is 0 Å². The number of hydrogen-bond acceptors (Lipinski definition) is 4. The number of carbonyl (C=O) groups is 1. The number of para-hydroxylation sites is 1. The first kappa shape index (κ1) is 17.6. The fourth-order valence-electron chi connectivity index (χ4n) is 1.35. The highest BCUT2D eigenvalue weighted by Gasteiger charge is 2.49. The van der Waals surface area contributed by atoms with Crippen LogP contribution in [0.1, 0.15) is 20.8 Å². The third-order valence-corrected chi connectivity index (χ3v) is 4.37. The zero-order chi connectivity index (χ0) is 16.1. The lowest BCUT2D eigenvalue weighted by Crippen LogP contribution is -2.32. The quantitative estimate of drug-likeness (QED) is 0.616. The van der Waals surface area contributed by atoms with E-state index in [1.807, 2.05) is 5.09 Å². The number of halogens is 2. The molecule has 118 valence electrons. The molecule has 0 saturated heterocycles. The van der Waals surface area contributed by atoms with Gasteiger partial charge in [-0.05, 0) is 26.0 Å². The Kier molecular flexibility index (Phi) is 5.87. The van der Waals surface area contributed by atoms with Crippen LogP contribution >= 0.6 is 7.52 Å². The van der Waals surface area contributed by atoms with Gasteiger partial charge in [-0.2, -0.15) is 8.78 Å². The van der Waals surface area contributed by atoms with Gasteiger partial charge < -0.3 is 9.26 Å². The molecule has 1 aromatic carbocycles. The molecule has 0 spiro atoms. The molecule has 8 heteroatoms. The van der Waals surface area contributed by atoms with E-state index in [1.54, 1.807) is 32.0 Å². The fraction of sp³-hybridized carbons (Fsp3) is 0.462. The molecule has 1 N–H and O–H groups in total. The van der Waals surface area contributed by atoms with Crippen LogP contribution in [0, 0.1) is 0 Å². The van der Waals surface area contributed by atoms with E-state index in [2.05, 4.69) is 0 Å². The van der Waals surface area contributed by atoms with Crippen molar-refractivity contribution in [1.82, 2.24) is 5.09 Å².